The van der Waals surface area contributed by atoms with Crippen LogP contribution in [0.3, 0.4) is 0 Å². The number of carbonyl (C=O) groups is 2. The standard InChI is InChI=1S/C26H29N3O6S/c1-18(19-10-6-5-7-11-19)27-26(31)21-12-8-9-13-22(21)28-25(30)17-29(2)36(32,33)20-14-15-23(34-3)24(16-20)35-4/h5-16,18H,17H2,1-4H3,(H,27,31)(H,28,30). The molecular weight excluding hydrogens is 482 g/mol. The Morgan fingerprint density at radius 2 is 1.56 bits per heavy atom. The summed E-state index contributed by atoms with van der Waals surface area (Å²) in [6.45, 7) is 1.40. The molecule has 0 spiro atoms. The third-order valence-electron chi connectivity index (χ3n) is 5.52. The van der Waals surface area contributed by atoms with Crippen LogP contribution in [0, 0.1) is 0 Å². The number of ether oxygens (including phenoxy) is 2. The third-order valence-corrected chi connectivity index (χ3v) is 7.32. The average Bonchev–Trinajstić information content (AvgIpc) is 2.88. The van der Waals surface area contributed by atoms with Gasteiger partial charge in [0, 0.05) is 13.1 Å². The summed E-state index contributed by atoms with van der Waals surface area (Å²) in [6, 6.07) is 20.0. The Morgan fingerprint density at radius 1 is 0.917 bits per heavy atom. The minimum Gasteiger partial charge on any atom is -0.493 e. The lowest BCUT2D eigenvalue weighted by atomic mass is 10.1. The van der Waals surface area contributed by atoms with Crippen LogP contribution in [-0.4, -0.2) is 52.3 Å². The number of methoxy groups -OCH3 is 2. The number of rotatable bonds is 10. The lowest BCUT2D eigenvalue weighted by Gasteiger charge is -2.19. The van der Waals surface area contributed by atoms with E-state index in [0.29, 0.717) is 5.75 Å². The van der Waals surface area contributed by atoms with Gasteiger partial charge in [-0.3, -0.25) is 9.59 Å². The van der Waals surface area contributed by atoms with Gasteiger partial charge in [0.05, 0.1) is 43.0 Å². The number of sulfonamides is 1. The number of anilines is 1. The molecule has 1 atom stereocenters. The fourth-order valence-corrected chi connectivity index (χ4v) is 4.67. The van der Waals surface area contributed by atoms with E-state index >= 15 is 0 Å². The van der Waals surface area contributed by atoms with Crippen LogP contribution in [0.25, 0.3) is 0 Å². The second-order valence-corrected chi connectivity index (χ2v) is 10.0. The molecule has 1 unspecified atom stereocenters. The molecule has 2 amide bonds. The quantitative estimate of drug-likeness (QED) is 0.431. The minimum atomic E-state index is -4.00. The second kappa shape index (κ2) is 11.7. The van der Waals surface area contributed by atoms with Gasteiger partial charge >= 0.3 is 0 Å². The highest BCUT2D eigenvalue weighted by Crippen LogP contribution is 2.30. The van der Waals surface area contributed by atoms with Gasteiger partial charge in [0.1, 0.15) is 0 Å². The molecule has 0 saturated carbocycles. The van der Waals surface area contributed by atoms with E-state index in [2.05, 4.69) is 10.6 Å². The zero-order valence-electron chi connectivity index (χ0n) is 20.5. The SMILES string of the molecule is COc1ccc(S(=O)(=O)N(C)CC(=O)Nc2ccccc2C(=O)NC(C)c2ccccc2)cc1OC. The summed E-state index contributed by atoms with van der Waals surface area (Å²) in [5, 5.41) is 5.56. The van der Waals surface area contributed by atoms with Crippen LogP contribution in [0.15, 0.2) is 77.7 Å². The Morgan fingerprint density at radius 3 is 2.22 bits per heavy atom. The van der Waals surface area contributed by atoms with E-state index in [-0.39, 0.29) is 33.8 Å². The first-order chi connectivity index (χ1) is 17.2. The van der Waals surface area contributed by atoms with E-state index in [4.69, 9.17) is 9.47 Å². The Bertz CT molecular complexity index is 1330. The maximum absolute atomic E-state index is 13.0. The lowest BCUT2D eigenvalue weighted by Crippen LogP contribution is -2.35. The van der Waals surface area contributed by atoms with Crippen molar-refractivity contribution >= 4 is 27.5 Å². The fourth-order valence-electron chi connectivity index (χ4n) is 3.52. The smallest absolute Gasteiger partial charge is 0.253 e. The molecule has 3 aromatic rings. The molecule has 0 aliphatic rings. The molecule has 9 nitrogen and oxygen atoms in total. The van der Waals surface area contributed by atoms with Crippen molar-refractivity contribution in [1.82, 2.24) is 9.62 Å². The molecule has 0 radical (unpaired) electrons. The molecule has 0 heterocycles. The van der Waals surface area contributed by atoms with Crippen molar-refractivity contribution in [2.24, 2.45) is 0 Å². The van der Waals surface area contributed by atoms with E-state index in [1.54, 1.807) is 24.3 Å². The number of hydrogen-bond acceptors (Lipinski definition) is 6. The van der Waals surface area contributed by atoms with E-state index in [1.165, 1.54) is 39.5 Å². The predicted octanol–water partition coefficient (Wildman–Crippen LogP) is 3.45. The van der Waals surface area contributed by atoms with E-state index in [0.717, 1.165) is 9.87 Å². The Hall–Kier alpha value is -3.89. The first-order valence-electron chi connectivity index (χ1n) is 11.1. The number of nitrogens with zero attached hydrogens (tertiary/aromatic N) is 1. The summed E-state index contributed by atoms with van der Waals surface area (Å²) in [5.41, 5.74) is 1.48. The molecule has 0 bridgehead atoms. The number of hydrogen-bond donors (Lipinski definition) is 2. The van der Waals surface area contributed by atoms with Crippen molar-refractivity contribution in [3.05, 3.63) is 83.9 Å². The Balaban J connectivity index is 1.71. The summed E-state index contributed by atoms with van der Waals surface area (Å²) >= 11 is 0. The molecule has 0 saturated heterocycles. The monoisotopic (exact) mass is 511 g/mol. The molecule has 0 aromatic heterocycles. The molecule has 3 rings (SSSR count). The largest absolute Gasteiger partial charge is 0.493 e. The number of likely N-dealkylation sites (N-methyl/N-ethyl adjacent to an activating group) is 1. The number of nitrogens with one attached hydrogen (secondary N) is 2. The molecule has 0 fully saturated rings. The lowest BCUT2D eigenvalue weighted by molar-refractivity contribution is -0.116. The predicted molar refractivity (Wildman–Crippen MR) is 137 cm³/mol. The Kier molecular flexibility index (Phi) is 8.68. The normalized spacial score (nSPS) is 12.0. The van der Waals surface area contributed by atoms with Crippen LogP contribution in [-0.2, 0) is 14.8 Å². The topological polar surface area (TPSA) is 114 Å². The van der Waals surface area contributed by atoms with Crippen LogP contribution in [0.1, 0.15) is 28.9 Å². The molecular formula is C26H29N3O6S. The summed E-state index contributed by atoms with van der Waals surface area (Å²) < 4.78 is 37.3. The van der Waals surface area contributed by atoms with Gasteiger partial charge in [-0.2, -0.15) is 4.31 Å². The molecule has 2 N–H and O–H groups in total. The van der Waals surface area contributed by atoms with Crippen molar-refractivity contribution in [1.29, 1.82) is 0 Å². The van der Waals surface area contributed by atoms with E-state index in [1.807, 2.05) is 37.3 Å². The van der Waals surface area contributed by atoms with Crippen LogP contribution in [0.4, 0.5) is 5.69 Å². The van der Waals surface area contributed by atoms with Crippen LogP contribution in [0.5, 0.6) is 11.5 Å². The van der Waals surface area contributed by atoms with Gasteiger partial charge in [0.25, 0.3) is 5.91 Å². The summed E-state index contributed by atoms with van der Waals surface area (Å²) in [7, 11) is 0.148. The second-order valence-electron chi connectivity index (χ2n) is 7.98. The number of carbonyl (C=O) groups excluding carboxylic acids is 2. The van der Waals surface area contributed by atoms with Gasteiger partial charge in [-0.15, -0.1) is 0 Å². The van der Waals surface area contributed by atoms with Crippen LogP contribution in [0.2, 0.25) is 0 Å². The zero-order chi connectivity index (χ0) is 26.3. The van der Waals surface area contributed by atoms with Gasteiger partial charge < -0.3 is 20.1 Å². The van der Waals surface area contributed by atoms with Crippen molar-refractivity contribution in [2.45, 2.75) is 17.9 Å². The number of benzene rings is 3. The van der Waals surface area contributed by atoms with Crippen molar-refractivity contribution in [2.75, 3.05) is 33.1 Å². The summed E-state index contributed by atoms with van der Waals surface area (Å²) in [4.78, 5) is 25.6. The average molecular weight is 512 g/mol. The van der Waals surface area contributed by atoms with Gasteiger partial charge in [-0.25, -0.2) is 8.42 Å². The van der Waals surface area contributed by atoms with Gasteiger partial charge in [-0.1, -0.05) is 42.5 Å². The first kappa shape index (κ1) is 26.7. The molecule has 10 heteroatoms. The molecule has 3 aromatic carbocycles. The summed E-state index contributed by atoms with van der Waals surface area (Å²) in [6.07, 6.45) is 0. The maximum atomic E-state index is 13.0. The van der Waals surface area contributed by atoms with Crippen molar-refractivity contribution in [3.63, 3.8) is 0 Å². The van der Waals surface area contributed by atoms with Gasteiger partial charge in [0.15, 0.2) is 11.5 Å². The minimum absolute atomic E-state index is 0.0508. The molecule has 190 valence electrons. The van der Waals surface area contributed by atoms with Gasteiger partial charge in [0.2, 0.25) is 15.9 Å². The van der Waals surface area contributed by atoms with E-state index < -0.39 is 22.5 Å². The van der Waals surface area contributed by atoms with Crippen molar-refractivity contribution in [3.8, 4) is 11.5 Å². The third kappa shape index (κ3) is 6.21. The van der Waals surface area contributed by atoms with Crippen molar-refractivity contribution < 1.29 is 27.5 Å². The zero-order valence-corrected chi connectivity index (χ0v) is 21.3. The highest BCUT2D eigenvalue weighted by molar-refractivity contribution is 7.89. The summed E-state index contributed by atoms with van der Waals surface area (Å²) in [5.74, 6) is -0.333. The first-order valence-corrected chi connectivity index (χ1v) is 12.5. The highest BCUT2D eigenvalue weighted by Gasteiger charge is 2.25. The molecule has 36 heavy (non-hydrogen) atoms. The fraction of sp³-hybridized carbons (Fsp3) is 0.231. The van der Waals surface area contributed by atoms with Gasteiger partial charge in [-0.05, 0) is 36.8 Å². The number of para-hydroxylation sites is 1. The van der Waals surface area contributed by atoms with E-state index in [9.17, 15) is 18.0 Å². The maximum Gasteiger partial charge on any atom is 0.253 e. The molecule has 0 aliphatic carbocycles. The van der Waals surface area contributed by atoms with Crippen LogP contribution < -0.4 is 20.1 Å². The van der Waals surface area contributed by atoms with Crippen LogP contribution >= 0.6 is 0 Å². The molecule has 0 aliphatic heterocycles. The highest BCUT2D eigenvalue weighted by atomic mass is 32.2. The number of amides is 2. The Labute approximate surface area is 211 Å².